The highest BCUT2D eigenvalue weighted by atomic mass is 127. The molecule has 0 fully saturated rings. The van der Waals surface area contributed by atoms with Crippen LogP contribution < -0.4 is 24.4 Å². The van der Waals surface area contributed by atoms with Gasteiger partial charge in [0, 0.05) is 5.56 Å². The predicted octanol–water partition coefficient (Wildman–Crippen LogP) is 4.95. The van der Waals surface area contributed by atoms with Crippen LogP contribution in [0.4, 0.5) is 0 Å². The molecular formula is C31H27IN2O5S. The van der Waals surface area contributed by atoms with Crippen LogP contribution in [0.1, 0.15) is 36.6 Å². The smallest absolute Gasteiger partial charge is 0.338 e. The molecule has 0 saturated carbocycles. The molecule has 0 unspecified atom stereocenters. The first-order chi connectivity index (χ1) is 19.4. The van der Waals surface area contributed by atoms with Crippen LogP contribution in [0.2, 0.25) is 0 Å². The molecule has 2 heterocycles. The molecule has 0 bridgehead atoms. The van der Waals surface area contributed by atoms with Crippen LogP contribution in [-0.2, 0) is 9.53 Å². The van der Waals surface area contributed by atoms with Gasteiger partial charge in [0.2, 0.25) is 0 Å². The van der Waals surface area contributed by atoms with Crippen LogP contribution in [0.25, 0.3) is 11.8 Å². The molecule has 1 aliphatic heterocycles. The van der Waals surface area contributed by atoms with Gasteiger partial charge in [0.1, 0.15) is 11.5 Å². The van der Waals surface area contributed by atoms with Crippen molar-refractivity contribution in [2.45, 2.75) is 19.9 Å². The van der Waals surface area contributed by atoms with Crippen LogP contribution in [-0.4, -0.2) is 30.9 Å². The van der Waals surface area contributed by atoms with Gasteiger partial charge in [0.05, 0.1) is 45.7 Å². The van der Waals surface area contributed by atoms with E-state index in [1.54, 1.807) is 18.6 Å². The Bertz CT molecular complexity index is 1760. The summed E-state index contributed by atoms with van der Waals surface area (Å²) in [6.45, 7) is 4.41. The van der Waals surface area contributed by atoms with E-state index in [0.717, 1.165) is 26.0 Å². The van der Waals surface area contributed by atoms with Crippen molar-refractivity contribution in [3.8, 4) is 11.5 Å². The lowest BCUT2D eigenvalue weighted by Crippen LogP contribution is -2.40. The van der Waals surface area contributed by atoms with Crippen LogP contribution in [0.5, 0.6) is 11.5 Å². The summed E-state index contributed by atoms with van der Waals surface area (Å²) < 4.78 is 19.6. The van der Waals surface area contributed by atoms with E-state index in [1.165, 1.54) is 11.3 Å². The van der Waals surface area contributed by atoms with Gasteiger partial charge >= 0.3 is 5.97 Å². The molecule has 40 heavy (non-hydrogen) atoms. The van der Waals surface area contributed by atoms with Crippen molar-refractivity contribution in [2.24, 2.45) is 4.99 Å². The zero-order valence-electron chi connectivity index (χ0n) is 22.2. The predicted molar refractivity (Wildman–Crippen MR) is 164 cm³/mol. The summed E-state index contributed by atoms with van der Waals surface area (Å²) in [7, 11) is 1.63. The van der Waals surface area contributed by atoms with Gasteiger partial charge in [0.15, 0.2) is 4.80 Å². The number of carbonyl (C=O) groups is 1. The quantitative estimate of drug-likeness (QED) is 0.197. The van der Waals surface area contributed by atoms with E-state index in [9.17, 15) is 9.59 Å². The maximum absolute atomic E-state index is 14.0. The fourth-order valence-corrected chi connectivity index (χ4v) is 6.35. The molecule has 0 amide bonds. The summed E-state index contributed by atoms with van der Waals surface area (Å²) in [6, 6.07) is 22.0. The van der Waals surface area contributed by atoms with E-state index in [-0.39, 0.29) is 12.2 Å². The Hall–Kier alpha value is -3.70. The minimum atomic E-state index is -0.737. The van der Waals surface area contributed by atoms with Gasteiger partial charge in [-0.2, -0.15) is 0 Å². The van der Waals surface area contributed by atoms with Crippen LogP contribution in [0.15, 0.2) is 88.2 Å². The van der Waals surface area contributed by atoms with Crippen molar-refractivity contribution in [2.75, 3.05) is 20.3 Å². The highest BCUT2D eigenvalue weighted by Crippen LogP contribution is 2.35. The number of ether oxygens (including phenoxy) is 3. The molecule has 0 aliphatic carbocycles. The first-order valence-corrected chi connectivity index (χ1v) is 14.7. The van der Waals surface area contributed by atoms with Gasteiger partial charge in [-0.05, 0) is 77.9 Å². The Balaban J connectivity index is 1.78. The Morgan fingerprint density at radius 1 is 1.05 bits per heavy atom. The van der Waals surface area contributed by atoms with Crippen LogP contribution in [0.3, 0.4) is 0 Å². The number of hydrogen-bond acceptors (Lipinski definition) is 7. The number of benzene rings is 3. The van der Waals surface area contributed by atoms with Gasteiger partial charge in [-0.3, -0.25) is 9.36 Å². The highest BCUT2D eigenvalue weighted by Gasteiger charge is 2.35. The van der Waals surface area contributed by atoms with E-state index < -0.39 is 12.0 Å². The second kappa shape index (κ2) is 12.2. The number of carbonyl (C=O) groups excluding carboxylic acids is 1. The normalized spacial score (nSPS) is 14.9. The standard InChI is InChI=1S/C31H27IN2O5S/c1-4-38-22-14-12-21(13-15-22)28-26(30(36)39-5-2)27(20-9-7-6-8-10-20)33-31-34(28)29(35)25(40-31)18-19-11-16-24(37-3)23(32)17-19/h6-18,28H,4-5H2,1-3H3/b25-18+/t28-/m1/s1. The fraction of sp³-hybridized carbons (Fsp3) is 0.194. The Kier molecular flexibility index (Phi) is 8.51. The molecule has 204 valence electrons. The molecule has 0 radical (unpaired) electrons. The van der Waals surface area contributed by atoms with Gasteiger partial charge in [-0.1, -0.05) is 59.9 Å². The number of halogens is 1. The summed E-state index contributed by atoms with van der Waals surface area (Å²) in [4.78, 5) is 32.9. The minimum Gasteiger partial charge on any atom is -0.496 e. The number of aromatic nitrogens is 1. The minimum absolute atomic E-state index is 0.195. The molecule has 0 N–H and O–H groups in total. The second-order valence-corrected chi connectivity index (χ2v) is 11.0. The molecular weight excluding hydrogens is 639 g/mol. The number of fused-ring (bicyclic) bond motifs is 1. The van der Waals surface area contributed by atoms with E-state index in [2.05, 4.69) is 22.6 Å². The first kappa shape index (κ1) is 27.9. The van der Waals surface area contributed by atoms with Crippen molar-refractivity contribution in [3.05, 3.63) is 118 Å². The first-order valence-electron chi connectivity index (χ1n) is 12.8. The molecule has 4 aromatic rings. The van der Waals surface area contributed by atoms with Gasteiger partial charge in [0.25, 0.3) is 5.56 Å². The molecule has 9 heteroatoms. The Morgan fingerprint density at radius 3 is 2.45 bits per heavy atom. The van der Waals surface area contributed by atoms with E-state index in [1.807, 2.05) is 85.8 Å². The van der Waals surface area contributed by atoms with Crippen LogP contribution >= 0.6 is 33.9 Å². The number of nitrogens with zero attached hydrogens (tertiary/aromatic N) is 2. The lowest BCUT2D eigenvalue weighted by Gasteiger charge is -2.26. The Morgan fingerprint density at radius 2 is 1.80 bits per heavy atom. The highest BCUT2D eigenvalue weighted by molar-refractivity contribution is 14.1. The molecule has 1 aliphatic rings. The second-order valence-electron chi connectivity index (χ2n) is 8.83. The number of rotatable bonds is 8. The summed E-state index contributed by atoms with van der Waals surface area (Å²) in [5.74, 6) is 0.960. The Labute approximate surface area is 249 Å². The topological polar surface area (TPSA) is 79.1 Å². The van der Waals surface area contributed by atoms with Crippen molar-refractivity contribution in [3.63, 3.8) is 0 Å². The third-order valence-electron chi connectivity index (χ3n) is 6.35. The van der Waals surface area contributed by atoms with Crippen molar-refractivity contribution < 1.29 is 19.0 Å². The summed E-state index contributed by atoms with van der Waals surface area (Å²) in [5, 5.41) is 0. The van der Waals surface area contributed by atoms with Crippen LogP contribution in [0, 0.1) is 3.57 Å². The fourth-order valence-electron chi connectivity index (χ4n) is 4.59. The maximum Gasteiger partial charge on any atom is 0.338 e. The van der Waals surface area contributed by atoms with E-state index in [4.69, 9.17) is 19.2 Å². The average molecular weight is 667 g/mol. The summed E-state index contributed by atoms with van der Waals surface area (Å²) >= 11 is 3.50. The lowest BCUT2D eigenvalue weighted by atomic mass is 9.93. The van der Waals surface area contributed by atoms with E-state index in [0.29, 0.717) is 33.0 Å². The van der Waals surface area contributed by atoms with Crippen molar-refractivity contribution in [1.82, 2.24) is 4.57 Å². The largest absolute Gasteiger partial charge is 0.496 e. The van der Waals surface area contributed by atoms with E-state index >= 15 is 0 Å². The van der Waals surface area contributed by atoms with Gasteiger partial charge in [-0.25, -0.2) is 9.79 Å². The van der Waals surface area contributed by atoms with Crippen molar-refractivity contribution in [1.29, 1.82) is 0 Å². The molecule has 3 aromatic carbocycles. The summed E-state index contributed by atoms with van der Waals surface area (Å²) in [5.41, 5.74) is 2.95. The molecule has 7 nitrogen and oxygen atoms in total. The lowest BCUT2D eigenvalue weighted by molar-refractivity contribution is -0.138. The number of esters is 1. The zero-order chi connectivity index (χ0) is 28.2. The van der Waals surface area contributed by atoms with Gasteiger partial charge in [-0.15, -0.1) is 0 Å². The molecule has 1 aromatic heterocycles. The molecule has 0 saturated heterocycles. The third-order valence-corrected chi connectivity index (χ3v) is 8.18. The number of hydrogen-bond donors (Lipinski definition) is 0. The number of thiazole rings is 1. The molecule has 0 spiro atoms. The third kappa shape index (κ3) is 5.48. The molecule has 5 rings (SSSR count). The van der Waals surface area contributed by atoms with Gasteiger partial charge < -0.3 is 14.2 Å². The zero-order valence-corrected chi connectivity index (χ0v) is 25.2. The monoisotopic (exact) mass is 666 g/mol. The average Bonchev–Trinajstić information content (AvgIpc) is 3.27. The SMILES string of the molecule is CCOC(=O)C1=C(c2ccccc2)N=c2s/c(=C/c3ccc(OC)c(I)c3)c(=O)n2[C@@H]1c1ccc(OCC)cc1. The van der Waals surface area contributed by atoms with Crippen molar-refractivity contribution >= 4 is 51.7 Å². The maximum atomic E-state index is 14.0. The molecule has 1 atom stereocenters. The number of methoxy groups -OCH3 is 1. The summed E-state index contributed by atoms with van der Waals surface area (Å²) in [6.07, 6.45) is 1.84.